The number of amides is 1. The number of benzene rings is 1. The van der Waals surface area contributed by atoms with Gasteiger partial charge in [0.05, 0.1) is 28.7 Å². The van der Waals surface area contributed by atoms with Gasteiger partial charge in [-0.25, -0.2) is 8.42 Å². The van der Waals surface area contributed by atoms with Crippen LogP contribution in [0.15, 0.2) is 23.1 Å². The van der Waals surface area contributed by atoms with E-state index in [1.165, 1.54) is 27.4 Å². The lowest BCUT2D eigenvalue weighted by Gasteiger charge is -2.26. The summed E-state index contributed by atoms with van der Waals surface area (Å²) < 4.78 is 31.9. The highest BCUT2D eigenvalue weighted by Gasteiger charge is 2.28. The van der Waals surface area contributed by atoms with Crippen LogP contribution in [0, 0.1) is 0 Å². The summed E-state index contributed by atoms with van der Waals surface area (Å²) in [5.74, 6) is -0.282. The second kappa shape index (κ2) is 7.61. The average molecular weight is 361 g/mol. The molecule has 1 aromatic rings. The molecule has 1 heterocycles. The van der Waals surface area contributed by atoms with Crippen LogP contribution in [0.5, 0.6) is 0 Å². The Morgan fingerprint density at radius 3 is 2.61 bits per heavy atom. The number of carbonyl (C=O) groups excluding carboxylic acids is 1. The van der Waals surface area contributed by atoms with Crippen LogP contribution in [0.1, 0.15) is 23.7 Å². The molecule has 0 bridgehead atoms. The first-order chi connectivity index (χ1) is 10.9. The minimum Gasteiger partial charge on any atom is -0.379 e. The number of rotatable bonds is 5. The highest BCUT2D eigenvalue weighted by molar-refractivity contribution is 7.89. The lowest BCUT2D eigenvalue weighted by atomic mass is 10.2. The summed E-state index contributed by atoms with van der Waals surface area (Å²) in [6.07, 6.45) is 0.811. The summed E-state index contributed by atoms with van der Waals surface area (Å²) in [5, 5.41) is 0.249. The van der Waals surface area contributed by atoms with Crippen molar-refractivity contribution in [2.75, 3.05) is 39.9 Å². The average Bonchev–Trinajstić information content (AvgIpc) is 2.55. The number of sulfonamides is 1. The Kier molecular flexibility index (Phi) is 6.02. The highest BCUT2D eigenvalue weighted by Crippen LogP contribution is 2.24. The van der Waals surface area contributed by atoms with E-state index in [0.717, 1.165) is 6.42 Å². The Bertz CT molecular complexity index is 672. The summed E-state index contributed by atoms with van der Waals surface area (Å²) in [6.45, 7) is 3.91. The van der Waals surface area contributed by atoms with Crippen LogP contribution in [0.25, 0.3) is 0 Å². The van der Waals surface area contributed by atoms with Crippen molar-refractivity contribution in [3.05, 3.63) is 28.8 Å². The van der Waals surface area contributed by atoms with Crippen molar-refractivity contribution in [2.24, 2.45) is 0 Å². The number of carbonyl (C=O) groups is 1. The van der Waals surface area contributed by atoms with E-state index in [1.54, 1.807) is 7.05 Å². The van der Waals surface area contributed by atoms with E-state index in [0.29, 0.717) is 32.8 Å². The molecule has 1 aliphatic heterocycles. The van der Waals surface area contributed by atoms with E-state index in [1.807, 2.05) is 6.92 Å². The van der Waals surface area contributed by atoms with E-state index < -0.39 is 10.0 Å². The zero-order valence-corrected chi connectivity index (χ0v) is 14.9. The first-order valence-electron chi connectivity index (χ1n) is 7.51. The molecular formula is C15H21ClN2O4S. The van der Waals surface area contributed by atoms with Gasteiger partial charge in [0.15, 0.2) is 0 Å². The van der Waals surface area contributed by atoms with Gasteiger partial charge in [-0.1, -0.05) is 18.5 Å². The van der Waals surface area contributed by atoms with Gasteiger partial charge in [0.1, 0.15) is 0 Å². The van der Waals surface area contributed by atoms with E-state index in [9.17, 15) is 13.2 Å². The summed E-state index contributed by atoms with van der Waals surface area (Å²) in [6, 6.07) is 4.26. The van der Waals surface area contributed by atoms with Gasteiger partial charge in [0.2, 0.25) is 10.0 Å². The first-order valence-corrected chi connectivity index (χ1v) is 9.32. The van der Waals surface area contributed by atoms with Gasteiger partial charge in [-0.3, -0.25) is 4.79 Å². The van der Waals surface area contributed by atoms with Gasteiger partial charge >= 0.3 is 0 Å². The molecular weight excluding hydrogens is 340 g/mol. The van der Waals surface area contributed by atoms with Crippen molar-refractivity contribution in [1.82, 2.24) is 9.21 Å². The molecule has 1 saturated heterocycles. The molecule has 0 radical (unpaired) electrons. The van der Waals surface area contributed by atoms with Crippen LogP contribution in [-0.2, 0) is 14.8 Å². The first kappa shape index (κ1) is 18.2. The standard InChI is InChI=1S/C15H21ClN2O4S/c1-3-6-17(2)15(19)13-11-12(4-5-14(13)16)23(20,21)18-7-9-22-10-8-18/h4-5,11H,3,6-10H2,1-2H3. The molecule has 0 spiro atoms. The lowest BCUT2D eigenvalue weighted by molar-refractivity contribution is 0.0730. The Labute approximate surface area is 142 Å². The Hall–Kier alpha value is -1.15. The minimum absolute atomic E-state index is 0.0806. The van der Waals surface area contributed by atoms with E-state index in [4.69, 9.17) is 16.3 Å². The molecule has 2 rings (SSSR count). The van der Waals surface area contributed by atoms with E-state index in [-0.39, 0.29) is 21.4 Å². The third kappa shape index (κ3) is 4.03. The summed E-state index contributed by atoms with van der Waals surface area (Å²) in [7, 11) is -1.98. The van der Waals surface area contributed by atoms with E-state index >= 15 is 0 Å². The summed E-state index contributed by atoms with van der Waals surface area (Å²) in [5.41, 5.74) is 0.206. The molecule has 0 aromatic heterocycles. The maximum Gasteiger partial charge on any atom is 0.255 e. The smallest absolute Gasteiger partial charge is 0.255 e. The number of hydrogen-bond donors (Lipinski definition) is 0. The predicted octanol–water partition coefficient (Wildman–Crippen LogP) is 1.84. The minimum atomic E-state index is -3.65. The van der Waals surface area contributed by atoms with Crippen LogP contribution in [0.4, 0.5) is 0 Å². The molecule has 0 saturated carbocycles. The maximum atomic E-state index is 12.7. The zero-order chi connectivity index (χ0) is 17.0. The Morgan fingerprint density at radius 1 is 1.35 bits per heavy atom. The fourth-order valence-electron chi connectivity index (χ4n) is 2.41. The molecule has 1 aliphatic rings. The number of halogens is 1. The van der Waals surface area contributed by atoms with Gasteiger partial charge in [-0.05, 0) is 24.6 Å². The fourth-order valence-corrected chi connectivity index (χ4v) is 4.04. The zero-order valence-electron chi connectivity index (χ0n) is 13.3. The third-order valence-corrected chi connectivity index (χ3v) is 5.91. The van der Waals surface area contributed by atoms with Crippen molar-refractivity contribution >= 4 is 27.5 Å². The van der Waals surface area contributed by atoms with Gasteiger partial charge in [0, 0.05) is 26.7 Å². The van der Waals surface area contributed by atoms with Crippen LogP contribution in [0.3, 0.4) is 0 Å². The molecule has 8 heteroatoms. The second-order valence-corrected chi connectivity index (χ2v) is 7.73. The van der Waals surface area contributed by atoms with Crippen molar-refractivity contribution in [2.45, 2.75) is 18.2 Å². The molecule has 1 amide bonds. The molecule has 128 valence electrons. The quantitative estimate of drug-likeness (QED) is 0.803. The predicted molar refractivity (Wildman–Crippen MR) is 88.3 cm³/mol. The Morgan fingerprint density at radius 2 is 2.00 bits per heavy atom. The number of hydrogen-bond acceptors (Lipinski definition) is 4. The van der Waals surface area contributed by atoms with Crippen molar-refractivity contribution in [1.29, 1.82) is 0 Å². The largest absolute Gasteiger partial charge is 0.379 e. The number of ether oxygens (including phenoxy) is 1. The van der Waals surface area contributed by atoms with Crippen molar-refractivity contribution in [3.63, 3.8) is 0 Å². The van der Waals surface area contributed by atoms with Gasteiger partial charge in [0.25, 0.3) is 5.91 Å². The number of morpholine rings is 1. The van der Waals surface area contributed by atoms with Crippen molar-refractivity contribution < 1.29 is 17.9 Å². The topological polar surface area (TPSA) is 66.9 Å². The maximum absolute atomic E-state index is 12.7. The van der Waals surface area contributed by atoms with Crippen molar-refractivity contribution in [3.8, 4) is 0 Å². The molecule has 0 N–H and O–H groups in total. The third-order valence-electron chi connectivity index (χ3n) is 3.68. The monoisotopic (exact) mass is 360 g/mol. The van der Waals surface area contributed by atoms with Gasteiger partial charge in [-0.15, -0.1) is 0 Å². The molecule has 0 aliphatic carbocycles. The molecule has 6 nitrogen and oxygen atoms in total. The van der Waals surface area contributed by atoms with Gasteiger partial charge < -0.3 is 9.64 Å². The fraction of sp³-hybridized carbons (Fsp3) is 0.533. The van der Waals surface area contributed by atoms with Crippen LogP contribution < -0.4 is 0 Å². The second-order valence-electron chi connectivity index (χ2n) is 5.38. The van der Waals surface area contributed by atoms with Crippen LogP contribution in [-0.4, -0.2) is 63.4 Å². The molecule has 23 heavy (non-hydrogen) atoms. The lowest BCUT2D eigenvalue weighted by Crippen LogP contribution is -2.40. The summed E-state index contributed by atoms with van der Waals surface area (Å²) in [4.78, 5) is 14.0. The normalized spacial score (nSPS) is 16.3. The highest BCUT2D eigenvalue weighted by atomic mass is 35.5. The molecule has 1 aromatic carbocycles. The molecule has 1 fully saturated rings. The number of nitrogens with zero attached hydrogens (tertiary/aromatic N) is 2. The van der Waals surface area contributed by atoms with Crippen LogP contribution in [0.2, 0.25) is 5.02 Å². The SMILES string of the molecule is CCCN(C)C(=O)c1cc(S(=O)(=O)N2CCOCC2)ccc1Cl. The van der Waals surface area contributed by atoms with Crippen LogP contribution >= 0.6 is 11.6 Å². The van der Waals surface area contributed by atoms with E-state index in [2.05, 4.69) is 0 Å². The Balaban J connectivity index is 2.34. The van der Waals surface area contributed by atoms with Gasteiger partial charge in [-0.2, -0.15) is 4.31 Å². The molecule has 0 unspecified atom stereocenters. The summed E-state index contributed by atoms with van der Waals surface area (Å²) >= 11 is 6.10. The molecule has 0 atom stereocenters.